The highest BCUT2D eigenvalue weighted by atomic mass is 79.9. The zero-order valence-electron chi connectivity index (χ0n) is 6.62. The van der Waals surface area contributed by atoms with Gasteiger partial charge in [0.15, 0.2) is 0 Å². The van der Waals surface area contributed by atoms with Gasteiger partial charge in [-0.25, -0.2) is 0 Å². The number of rotatable bonds is 1. The van der Waals surface area contributed by atoms with Gasteiger partial charge in [-0.3, -0.25) is 3.59 Å². The van der Waals surface area contributed by atoms with Gasteiger partial charge in [-0.15, -0.1) is 0 Å². The lowest BCUT2D eigenvalue weighted by molar-refractivity contribution is 0.419. The molecule has 0 amide bonds. The van der Waals surface area contributed by atoms with Crippen LogP contribution in [-0.4, -0.2) is 10.7 Å². The first kappa shape index (κ1) is 7.68. The summed E-state index contributed by atoms with van der Waals surface area (Å²) in [5.41, 5.74) is 1.07. The lowest BCUT2D eigenvalue weighted by Crippen LogP contribution is -1.85. The molecule has 1 aromatic heterocycles. The second-order valence-electron chi connectivity index (χ2n) is 2.53. The van der Waals surface area contributed by atoms with Gasteiger partial charge in [0.1, 0.15) is 11.3 Å². The minimum Gasteiger partial charge on any atom is -0.495 e. The van der Waals surface area contributed by atoms with E-state index in [1.54, 1.807) is 7.11 Å². The summed E-state index contributed by atoms with van der Waals surface area (Å²) in [5, 5.41) is 1.17. The molecular weight excluding hydrogens is 218 g/mol. The van der Waals surface area contributed by atoms with Gasteiger partial charge in [-0.05, 0) is 12.1 Å². The van der Waals surface area contributed by atoms with Crippen molar-refractivity contribution in [2.75, 3.05) is 7.11 Å². The fourth-order valence-corrected chi connectivity index (χ4v) is 1.79. The van der Waals surface area contributed by atoms with Crippen molar-refractivity contribution in [2.45, 2.75) is 0 Å². The molecule has 0 N–H and O–H groups in total. The summed E-state index contributed by atoms with van der Waals surface area (Å²) in [6.45, 7) is 0. The van der Waals surface area contributed by atoms with Crippen LogP contribution in [0.1, 0.15) is 0 Å². The number of para-hydroxylation sites is 1. The summed E-state index contributed by atoms with van der Waals surface area (Å²) < 4.78 is 7.09. The lowest BCUT2D eigenvalue weighted by Gasteiger charge is -2.02. The minimum atomic E-state index is 0.884. The van der Waals surface area contributed by atoms with Crippen LogP contribution < -0.4 is 4.74 Å². The van der Waals surface area contributed by atoms with E-state index in [0.717, 1.165) is 11.3 Å². The van der Waals surface area contributed by atoms with E-state index in [0.29, 0.717) is 0 Å². The van der Waals surface area contributed by atoms with Crippen LogP contribution in [-0.2, 0) is 0 Å². The second-order valence-corrected chi connectivity index (χ2v) is 3.29. The van der Waals surface area contributed by atoms with E-state index in [4.69, 9.17) is 4.74 Å². The smallest absolute Gasteiger partial charge is 0.143 e. The molecule has 2 rings (SSSR count). The van der Waals surface area contributed by atoms with Gasteiger partial charge in [0.25, 0.3) is 0 Å². The van der Waals surface area contributed by atoms with Gasteiger partial charge in [0.2, 0.25) is 0 Å². The highest BCUT2D eigenvalue weighted by Gasteiger charge is 2.03. The Morgan fingerprint density at radius 3 is 2.92 bits per heavy atom. The Morgan fingerprint density at radius 1 is 1.33 bits per heavy atom. The van der Waals surface area contributed by atoms with Crippen molar-refractivity contribution >= 4 is 27.1 Å². The molecule has 0 saturated heterocycles. The summed E-state index contributed by atoms with van der Waals surface area (Å²) in [6.07, 6.45) is 1.95. The third-order valence-corrected chi connectivity index (χ3v) is 2.44. The third-order valence-electron chi connectivity index (χ3n) is 1.85. The van der Waals surface area contributed by atoms with Gasteiger partial charge in [0, 0.05) is 11.6 Å². The number of methoxy groups -OCH3 is 1. The first-order chi connectivity index (χ1) is 5.83. The molecule has 2 nitrogen and oxygen atoms in total. The maximum Gasteiger partial charge on any atom is 0.143 e. The molecule has 0 spiro atoms. The van der Waals surface area contributed by atoms with Crippen molar-refractivity contribution in [1.29, 1.82) is 0 Å². The van der Waals surface area contributed by atoms with Gasteiger partial charge in [-0.2, -0.15) is 0 Å². The van der Waals surface area contributed by atoms with Crippen molar-refractivity contribution in [3.8, 4) is 5.75 Å². The Kier molecular flexibility index (Phi) is 1.81. The average molecular weight is 226 g/mol. The van der Waals surface area contributed by atoms with Crippen LogP contribution in [0.5, 0.6) is 5.75 Å². The molecule has 0 bridgehead atoms. The van der Waals surface area contributed by atoms with Crippen LogP contribution in [0.3, 0.4) is 0 Å². The Hall–Kier alpha value is -0.960. The van der Waals surface area contributed by atoms with E-state index >= 15 is 0 Å². The number of ether oxygens (including phenoxy) is 1. The predicted octanol–water partition coefficient (Wildman–Crippen LogP) is 2.81. The Morgan fingerprint density at radius 2 is 2.17 bits per heavy atom. The lowest BCUT2D eigenvalue weighted by atomic mass is 10.2. The van der Waals surface area contributed by atoms with E-state index in [2.05, 4.69) is 22.2 Å². The van der Waals surface area contributed by atoms with Gasteiger partial charge in [0.05, 0.1) is 23.3 Å². The second kappa shape index (κ2) is 2.83. The molecule has 0 aliphatic carbocycles. The fraction of sp³-hybridized carbons (Fsp3) is 0.111. The van der Waals surface area contributed by atoms with Crippen molar-refractivity contribution in [1.82, 2.24) is 3.59 Å². The van der Waals surface area contributed by atoms with Crippen LogP contribution in [0.2, 0.25) is 0 Å². The molecule has 0 atom stereocenters. The number of halogens is 1. The first-order valence-corrected chi connectivity index (χ1v) is 4.34. The number of hydrogen-bond donors (Lipinski definition) is 0. The molecule has 0 unspecified atom stereocenters. The number of hydrogen-bond acceptors (Lipinski definition) is 1. The van der Waals surface area contributed by atoms with E-state index in [9.17, 15) is 0 Å². The Labute approximate surface area is 79.1 Å². The van der Waals surface area contributed by atoms with Crippen LogP contribution in [0.25, 0.3) is 10.9 Å². The van der Waals surface area contributed by atoms with Crippen LogP contribution in [0.15, 0.2) is 30.5 Å². The molecule has 2 aromatic rings. The van der Waals surface area contributed by atoms with Crippen molar-refractivity contribution < 1.29 is 4.74 Å². The molecule has 0 aliphatic heterocycles. The average Bonchev–Trinajstić information content (AvgIpc) is 2.48. The predicted molar refractivity (Wildman–Crippen MR) is 52.8 cm³/mol. The molecule has 62 valence electrons. The van der Waals surface area contributed by atoms with E-state index in [1.807, 2.05) is 28.0 Å². The molecule has 0 aliphatic rings. The monoisotopic (exact) mass is 225 g/mol. The fourth-order valence-electron chi connectivity index (χ4n) is 1.29. The molecular formula is C9H8BrNO. The summed E-state index contributed by atoms with van der Waals surface area (Å²) in [4.78, 5) is 0. The van der Waals surface area contributed by atoms with Crippen molar-refractivity contribution in [2.24, 2.45) is 0 Å². The Balaban J connectivity index is 2.84. The largest absolute Gasteiger partial charge is 0.495 e. The number of aromatic nitrogens is 1. The minimum absolute atomic E-state index is 0.884. The summed E-state index contributed by atoms with van der Waals surface area (Å²) in [6, 6.07) is 8.01. The zero-order chi connectivity index (χ0) is 8.55. The van der Waals surface area contributed by atoms with Crippen molar-refractivity contribution in [3.05, 3.63) is 30.5 Å². The number of fused-ring (bicyclic) bond motifs is 1. The van der Waals surface area contributed by atoms with Gasteiger partial charge in [-0.1, -0.05) is 12.1 Å². The molecule has 12 heavy (non-hydrogen) atoms. The number of benzene rings is 1. The molecule has 3 heteroatoms. The first-order valence-electron chi connectivity index (χ1n) is 3.63. The highest BCUT2D eigenvalue weighted by Crippen LogP contribution is 2.27. The van der Waals surface area contributed by atoms with E-state index < -0.39 is 0 Å². The summed E-state index contributed by atoms with van der Waals surface area (Å²) in [7, 11) is 1.68. The van der Waals surface area contributed by atoms with Gasteiger partial charge < -0.3 is 4.74 Å². The molecule has 0 saturated carbocycles. The normalized spacial score (nSPS) is 10.5. The maximum atomic E-state index is 5.22. The summed E-state index contributed by atoms with van der Waals surface area (Å²) in [5.74, 6) is 0.884. The highest BCUT2D eigenvalue weighted by molar-refractivity contribution is 9.08. The summed E-state index contributed by atoms with van der Waals surface area (Å²) >= 11 is 3.40. The molecule has 0 fully saturated rings. The molecule has 1 aromatic carbocycles. The van der Waals surface area contributed by atoms with Crippen molar-refractivity contribution in [3.63, 3.8) is 0 Å². The van der Waals surface area contributed by atoms with E-state index in [1.165, 1.54) is 5.39 Å². The van der Waals surface area contributed by atoms with Gasteiger partial charge >= 0.3 is 0 Å². The van der Waals surface area contributed by atoms with Crippen LogP contribution in [0.4, 0.5) is 0 Å². The topological polar surface area (TPSA) is 14.2 Å². The Bertz CT molecular complexity index is 408. The molecule has 0 radical (unpaired) electrons. The number of nitrogens with zero attached hydrogens (tertiary/aromatic N) is 1. The maximum absolute atomic E-state index is 5.22. The SMILES string of the molecule is COc1cccc2ccn(Br)c12. The third kappa shape index (κ3) is 1.01. The standard InChI is InChI=1S/C9H8BrNO/c1-12-8-4-2-3-7-5-6-11(10)9(7)8/h2-6H,1H3. The van der Waals surface area contributed by atoms with E-state index in [-0.39, 0.29) is 0 Å². The quantitative estimate of drug-likeness (QED) is 0.729. The van der Waals surface area contributed by atoms with Crippen LogP contribution >= 0.6 is 16.1 Å². The molecule has 1 heterocycles. The zero-order valence-corrected chi connectivity index (χ0v) is 8.21. The van der Waals surface area contributed by atoms with Crippen LogP contribution in [0, 0.1) is 0 Å².